The molecule has 1 saturated heterocycles. The van der Waals surface area contributed by atoms with Gasteiger partial charge in [-0.05, 0) is 48.4 Å². The molecule has 2 aromatic carbocycles. The van der Waals surface area contributed by atoms with Crippen LogP contribution in [0.1, 0.15) is 17.2 Å². The van der Waals surface area contributed by atoms with E-state index in [2.05, 4.69) is 14.6 Å². The number of nitrogens with one attached hydrogen (secondary N) is 1. The van der Waals surface area contributed by atoms with Gasteiger partial charge in [0.1, 0.15) is 5.82 Å². The number of rotatable bonds is 6. The second kappa shape index (κ2) is 8.77. The molecule has 1 aliphatic rings. The van der Waals surface area contributed by atoms with Crippen molar-refractivity contribution in [3.05, 3.63) is 71.7 Å². The molecule has 2 heterocycles. The molecule has 1 unspecified atom stereocenters. The van der Waals surface area contributed by atoms with E-state index in [0.717, 1.165) is 11.1 Å². The van der Waals surface area contributed by atoms with Gasteiger partial charge < -0.3 is 4.74 Å². The van der Waals surface area contributed by atoms with Crippen LogP contribution in [0.3, 0.4) is 0 Å². The molecular weight excluding hydrogens is 405 g/mol. The van der Waals surface area contributed by atoms with Crippen molar-refractivity contribution in [2.75, 3.05) is 32.8 Å². The Morgan fingerprint density at radius 2 is 1.97 bits per heavy atom. The van der Waals surface area contributed by atoms with E-state index in [1.54, 1.807) is 36.5 Å². The third-order valence-corrected chi connectivity index (χ3v) is 6.89. The van der Waals surface area contributed by atoms with Gasteiger partial charge in [0, 0.05) is 37.3 Å². The van der Waals surface area contributed by atoms with Gasteiger partial charge in [0.15, 0.2) is 0 Å². The highest BCUT2D eigenvalue weighted by atomic mass is 32.2. The molecule has 1 atom stereocenters. The summed E-state index contributed by atoms with van der Waals surface area (Å²) in [6.07, 6.45) is 1.65. The van der Waals surface area contributed by atoms with Crippen LogP contribution >= 0.6 is 0 Å². The molecule has 1 N–H and O–H groups in total. The van der Waals surface area contributed by atoms with Crippen LogP contribution in [-0.4, -0.2) is 51.1 Å². The number of nitrogens with zero attached hydrogens (tertiary/aromatic N) is 2. The van der Waals surface area contributed by atoms with Crippen LogP contribution in [0.2, 0.25) is 0 Å². The van der Waals surface area contributed by atoms with E-state index < -0.39 is 10.0 Å². The van der Waals surface area contributed by atoms with Crippen molar-refractivity contribution < 1.29 is 17.5 Å². The Bertz CT molecular complexity index is 1150. The fourth-order valence-electron chi connectivity index (χ4n) is 3.85. The minimum Gasteiger partial charge on any atom is -0.379 e. The molecule has 8 heteroatoms. The van der Waals surface area contributed by atoms with E-state index in [0.29, 0.717) is 37.2 Å². The summed E-state index contributed by atoms with van der Waals surface area (Å²) < 4.78 is 48.4. The molecular formula is C22H24FN3O3S. The molecule has 1 fully saturated rings. The van der Waals surface area contributed by atoms with Crippen molar-refractivity contribution in [2.24, 2.45) is 0 Å². The molecule has 1 aliphatic heterocycles. The number of ether oxygens (including phenoxy) is 1. The summed E-state index contributed by atoms with van der Waals surface area (Å²) in [5, 5.41) is 0.582. The lowest BCUT2D eigenvalue weighted by molar-refractivity contribution is 0.0171. The predicted octanol–water partition coefficient (Wildman–Crippen LogP) is 3.03. The molecule has 1 aromatic heterocycles. The lowest BCUT2D eigenvalue weighted by Gasteiger charge is -2.35. The highest BCUT2D eigenvalue weighted by molar-refractivity contribution is 7.89. The van der Waals surface area contributed by atoms with Crippen molar-refractivity contribution in [3.63, 3.8) is 0 Å². The molecule has 158 valence electrons. The average molecular weight is 430 g/mol. The number of fused-ring (bicyclic) bond motifs is 1. The van der Waals surface area contributed by atoms with Crippen molar-refractivity contribution in [2.45, 2.75) is 17.9 Å². The molecule has 30 heavy (non-hydrogen) atoms. The summed E-state index contributed by atoms with van der Waals surface area (Å²) >= 11 is 0. The number of sulfonamides is 1. The van der Waals surface area contributed by atoms with Gasteiger partial charge in [-0.15, -0.1) is 0 Å². The summed E-state index contributed by atoms with van der Waals surface area (Å²) in [6.45, 7) is 4.46. The fraction of sp³-hybridized carbons (Fsp3) is 0.318. The number of hydrogen-bond acceptors (Lipinski definition) is 5. The van der Waals surface area contributed by atoms with E-state index in [9.17, 15) is 12.8 Å². The number of aromatic nitrogens is 1. The summed E-state index contributed by atoms with van der Waals surface area (Å²) in [5.74, 6) is -0.343. The molecule has 0 spiro atoms. The number of aryl methyl sites for hydroxylation is 1. The number of morpholine rings is 1. The van der Waals surface area contributed by atoms with Crippen molar-refractivity contribution in [3.8, 4) is 0 Å². The zero-order valence-electron chi connectivity index (χ0n) is 16.7. The largest absolute Gasteiger partial charge is 0.379 e. The molecule has 0 aliphatic carbocycles. The maximum atomic E-state index is 13.9. The zero-order valence-corrected chi connectivity index (χ0v) is 17.5. The van der Waals surface area contributed by atoms with Crippen LogP contribution < -0.4 is 4.72 Å². The fourth-order valence-corrected chi connectivity index (χ4v) is 5.08. The molecule has 0 amide bonds. The van der Waals surface area contributed by atoms with Crippen LogP contribution in [0.15, 0.2) is 59.6 Å². The van der Waals surface area contributed by atoms with E-state index in [1.165, 1.54) is 12.1 Å². The first-order chi connectivity index (χ1) is 14.5. The highest BCUT2D eigenvalue weighted by Gasteiger charge is 2.26. The van der Waals surface area contributed by atoms with Gasteiger partial charge in [-0.25, -0.2) is 17.5 Å². The van der Waals surface area contributed by atoms with Gasteiger partial charge in [-0.1, -0.05) is 18.2 Å². The third-order valence-electron chi connectivity index (χ3n) is 5.41. The minimum atomic E-state index is -3.80. The highest BCUT2D eigenvalue weighted by Crippen LogP contribution is 2.26. The summed E-state index contributed by atoms with van der Waals surface area (Å²) in [5.41, 5.74) is 2.31. The van der Waals surface area contributed by atoms with Crippen molar-refractivity contribution in [1.82, 2.24) is 14.6 Å². The minimum absolute atomic E-state index is 0.126. The number of hydrogen-bond donors (Lipinski definition) is 1. The van der Waals surface area contributed by atoms with Gasteiger partial charge in [0.2, 0.25) is 10.0 Å². The van der Waals surface area contributed by atoms with Gasteiger partial charge in [-0.2, -0.15) is 0 Å². The van der Waals surface area contributed by atoms with Crippen LogP contribution in [0.5, 0.6) is 0 Å². The Balaban J connectivity index is 1.64. The second-order valence-electron chi connectivity index (χ2n) is 7.35. The van der Waals surface area contributed by atoms with Gasteiger partial charge in [0.05, 0.1) is 23.6 Å². The maximum absolute atomic E-state index is 13.9. The van der Waals surface area contributed by atoms with Crippen molar-refractivity contribution >= 4 is 20.9 Å². The van der Waals surface area contributed by atoms with E-state index in [4.69, 9.17) is 4.74 Å². The summed E-state index contributed by atoms with van der Waals surface area (Å²) in [6, 6.07) is 12.9. The van der Waals surface area contributed by atoms with Crippen LogP contribution in [0.4, 0.5) is 4.39 Å². The van der Waals surface area contributed by atoms with Crippen molar-refractivity contribution in [1.29, 1.82) is 0 Å². The summed E-state index contributed by atoms with van der Waals surface area (Å²) in [4.78, 5) is 6.64. The number of halogens is 1. The predicted molar refractivity (Wildman–Crippen MR) is 113 cm³/mol. The maximum Gasteiger partial charge on any atom is 0.241 e. The normalized spacial score (nSPS) is 16.6. The Morgan fingerprint density at radius 3 is 2.73 bits per heavy atom. The third kappa shape index (κ3) is 4.37. The summed E-state index contributed by atoms with van der Waals surface area (Å²) in [7, 11) is -3.80. The zero-order chi connectivity index (χ0) is 21.1. The number of pyridine rings is 1. The Labute approximate surface area is 175 Å². The van der Waals surface area contributed by atoms with Gasteiger partial charge in [0.25, 0.3) is 0 Å². The average Bonchev–Trinajstić information content (AvgIpc) is 2.75. The first-order valence-corrected chi connectivity index (χ1v) is 11.4. The smallest absolute Gasteiger partial charge is 0.241 e. The molecule has 6 nitrogen and oxygen atoms in total. The monoisotopic (exact) mass is 429 g/mol. The SMILES string of the molecule is Cc1ccc(S(=O)(=O)NCC(c2cccc(F)c2)N2CCOCC2)c2cccnc12. The van der Waals surface area contributed by atoms with E-state index in [-0.39, 0.29) is 23.3 Å². The Kier molecular flexibility index (Phi) is 6.10. The quantitative estimate of drug-likeness (QED) is 0.652. The van der Waals surface area contributed by atoms with E-state index >= 15 is 0 Å². The molecule has 0 radical (unpaired) electrons. The van der Waals surface area contributed by atoms with Crippen LogP contribution in [-0.2, 0) is 14.8 Å². The van der Waals surface area contributed by atoms with E-state index in [1.807, 2.05) is 13.0 Å². The molecule has 0 saturated carbocycles. The van der Waals surface area contributed by atoms with Crippen LogP contribution in [0, 0.1) is 12.7 Å². The topological polar surface area (TPSA) is 71.5 Å². The first kappa shape index (κ1) is 20.9. The Hall–Kier alpha value is -2.39. The molecule has 4 rings (SSSR count). The first-order valence-electron chi connectivity index (χ1n) is 9.87. The lowest BCUT2D eigenvalue weighted by atomic mass is 10.0. The number of benzene rings is 2. The molecule has 3 aromatic rings. The standard InChI is InChI=1S/C22H24FN3O3S/c1-16-7-8-21(19-6-3-9-24-22(16)19)30(27,28)25-15-20(26-10-12-29-13-11-26)17-4-2-5-18(23)14-17/h2-9,14,20,25H,10-13,15H2,1H3. The molecule has 0 bridgehead atoms. The Morgan fingerprint density at radius 1 is 1.17 bits per heavy atom. The van der Waals surface area contributed by atoms with Gasteiger partial charge in [-0.3, -0.25) is 9.88 Å². The lowest BCUT2D eigenvalue weighted by Crippen LogP contribution is -2.43. The van der Waals surface area contributed by atoms with Gasteiger partial charge >= 0.3 is 0 Å². The second-order valence-corrected chi connectivity index (χ2v) is 9.09. The van der Waals surface area contributed by atoms with Crippen LogP contribution in [0.25, 0.3) is 10.9 Å².